The van der Waals surface area contributed by atoms with Crippen LogP contribution in [0.25, 0.3) is 0 Å². The summed E-state index contributed by atoms with van der Waals surface area (Å²) in [5.74, 6) is 1.15. The zero-order chi connectivity index (χ0) is 14.4. The van der Waals surface area contributed by atoms with Crippen molar-refractivity contribution in [1.29, 1.82) is 5.26 Å². The number of aliphatic hydroxyl groups is 1. The highest BCUT2D eigenvalue weighted by atomic mass is 16.5. The molecular formula is C16H22N2O2. The van der Waals surface area contributed by atoms with Crippen LogP contribution < -0.4 is 10.1 Å². The van der Waals surface area contributed by atoms with Crippen LogP contribution in [0.1, 0.15) is 25.3 Å². The molecule has 1 fully saturated rings. The molecule has 1 saturated carbocycles. The molecule has 0 amide bonds. The van der Waals surface area contributed by atoms with Gasteiger partial charge in [-0.1, -0.05) is 25.1 Å². The van der Waals surface area contributed by atoms with E-state index in [1.54, 1.807) is 0 Å². The second kappa shape index (κ2) is 6.74. The molecule has 108 valence electrons. The third-order valence-corrected chi connectivity index (χ3v) is 3.78. The monoisotopic (exact) mass is 274 g/mol. The number of aliphatic hydroxyl groups excluding tert-OH is 1. The average molecular weight is 274 g/mol. The minimum atomic E-state index is -0.582. The van der Waals surface area contributed by atoms with E-state index in [1.165, 1.54) is 0 Å². The van der Waals surface area contributed by atoms with Crippen LogP contribution in [0.5, 0.6) is 5.75 Å². The fourth-order valence-corrected chi connectivity index (χ4v) is 2.53. The van der Waals surface area contributed by atoms with Crippen LogP contribution in [0.2, 0.25) is 0 Å². The number of nitrogens with zero attached hydrogens (tertiary/aromatic N) is 1. The lowest BCUT2D eigenvalue weighted by Crippen LogP contribution is -2.51. The van der Waals surface area contributed by atoms with Crippen LogP contribution in [0.15, 0.2) is 24.3 Å². The Morgan fingerprint density at radius 2 is 2.20 bits per heavy atom. The predicted octanol–water partition coefficient (Wildman–Crippen LogP) is 1.88. The minimum absolute atomic E-state index is 0.0968. The molecule has 0 heterocycles. The molecular weight excluding hydrogens is 252 g/mol. The zero-order valence-electron chi connectivity index (χ0n) is 11.9. The van der Waals surface area contributed by atoms with Crippen molar-refractivity contribution in [2.24, 2.45) is 5.92 Å². The van der Waals surface area contributed by atoms with Crippen molar-refractivity contribution in [2.75, 3.05) is 19.8 Å². The molecule has 20 heavy (non-hydrogen) atoms. The summed E-state index contributed by atoms with van der Waals surface area (Å²) >= 11 is 0. The van der Waals surface area contributed by atoms with Gasteiger partial charge in [-0.25, -0.2) is 0 Å². The van der Waals surface area contributed by atoms with E-state index in [9.17, 15) is 5.26 Å². The maximum absolute atomic E-state index is 9.54. The first-order valence-corrected chi connectivity index (χ1v) is 7.23. The summed E-state index contributed by atoms with van der Waals surface area (Å²) in [5, 5.41) is 21.9. The van der Waals surface area contributed by atoms with Crippen molar-refractivity contribution in [3.63, 3.8) is 0 Å². The highest BCUT2D eigenvalue weighted by molar-refractivity contribution is 5.34. The normalized spacial score (nSPS) is 17.2. The van der Waals surface area contributed by atoms with Crippen molar-refractivity contribution >= 4 is 0 Å². The summed E-state index contributed by atoms with van der Waals surface area (Å²) in [6, 6.07) is 10.1. The van der Waals surface area contributed by atoms with Gasteiger partial charge in [0.1, 0.15) is 17.9 Å². The summed E-state index contributed by atoms with van der Waals surface area (Å²) in [7, 11) is 0. The third kappa shape index (κ3) is 3.30. The molecule has 0 aliphatic heterocycles. The van der Waals surface area contributed by atoms with E-state index in [2.05, 4.69) is 11.4 Å². The van der Waals surface area contributed by atoms with Crippen LogP contribution in [0.3, 0.4) is 0 Å². The maximum atomic E-state index is 9.54. The van der Waals surface area contributed by atoms with Gasteiger partial charge in [0.2, 0.25) is 0 Å². The number of nitrogens with one attached hydrogen (secondary N) is 1. The maximum Gasteiger partial charge on any atom is 0.143 e. The van der Waals surface area contributed by atoms with Crippen molar-refractivity contribution in [3.8, 4) is 11.8 Å². The predicted molar refractivity (Wildman–Crippen MR) is 77.5 cm³/mol. The highest BCUT2D eigenvalue weighted by Gasteiger charge is 2.46. The third-order valence-electron chi connectivity index (χ3n) is 3.78. The molecule has 1 aromatic carbocycles. The molecule has 0 saturated heterocycles. The van der Waals surface area contributed by atoms with Crippen LogP contribution in [-0.4, -0.2) is 30.4 Å². The van der Waals surface area contributed by atoms with Crippen molar-refractivity contribution in [1.82, 2.24) is 5.32 Å². The van der Waals surface area contributed by atoms with Crippen molar-refractivity contribution in [3.05, 3.63) is 29.8 Å². The van der Waals surface area contributed by atoms with Gasteiger partial charge >= 0.3 is 0 Å². The standard InChI is InChI=1S/C16H22N2O2/c1-2-18-16(11-17,14-7-8-14)12-20-15-6-4-3-5-13(15)9-10-19/h3-6,14,18-19H,2,7-10,12H2,1H3. The van der Waals surface area contributed by atoms with Crippen molar-refractivity contribution in [2.45, 2.75) is 31.7 Å². The molecule has 1 aromatic rings. The Bertz CT molecular complexity index is 480. The summed E-state index contributed by atoms with van der Waals surface area (Å²) < 4.78 is 5.90. The lowest BCUT2D eigenvalue weighted by Gasteiger charge is -2.28. The topological polar surface area (TPSA) is 65.3 Å². The first-order chi connectivity index (χ1) is 9.75. The van der Waals surface area contributed by atoms with Crippen LogP contribution in [0, 0.1) is 17.2 Å². The number of benzene rings is 1. The van der Waals surface area contributed by atoms with Crippen molar-refractivity contribution < 1.29 is 9.84 Å². The molecule has 0 aromatic heterocycles. The molecule has 0 bridgehead atoms. The highest BCUT2D eigenvalue weighted by Crippen LogP contribution is 2.40. The summed E-state index contributed by atoms with van der Waals surface area (Å²) in [6.45, 7) is 3.21. The Morgan fingerprint density at radius 3 is 2.80 bits per heavy atom. The summed E-state index contributed by atoms with van der Waals surface area (Å²) in [5.41, 5.74) is 0.398. The van der Waals surface area contributed by atoms with Crippen LogP contribution in [-0.2, 0) is 6.42 Å². The van der Waals surface area contributed by atoms with E-state index in [4.69, 9.17) is 9.84 Å². The van der Waals surface area contributed by atoms with E-state index >= 15 is 0 Å². The molecule has 2 N–H and O–H groups in total. The van der Waals surface area contributed by atoms with Gasteiger partial charge < -0.3 is 9.84 Å². The Balaban J connectivity index is 2.08. The Hall–Kier alpha value is -1.57. The van der Waals surface area contributed by atoms with Gasteiger partial charge in [0, 0.05) is 6.61 Å². The van der Waals surface area contributed by atoms with E-state index in [1.807, 2.05) is 31.2 Å². The van der Waals surface area contributed by atoms with E-state index < -0.39 is 5.54 Å². The van der Waals surface area contributed by atoms with E-state index in [0.717, 1.165) is 30.7 Å². The molecule has 4 heteroatoms. The molecule has 0 spiro atoms. The lowest BCUT2D eigenvalue weighted by molar-refractivity contribution is 0.202. The number of hydrogen-bond donors (Lipinski definition) is 2. The molecule has 4 nitrogen and oxygen atoms in total. The molecule has 1 aliphatic rings. The van der Waals surface area contributed by atoms with E-state index in [-0.39, 0.29) is 6.61 Å². The molecule has 1 atom stereocenters. The first kappa shape index (κ1) is 14.8. The van der Waals surface area contributed by atoms with Gasteiger partial charge in [-0.2, -0.15) is 5.26 Å². The van der Waals surface area contributed by atoms with Gasteiger partial charge in [-0.05, 0) is 43.4 Å². The fraction of sp³-hybridized carbons (Fsp3) is 0.562. The molecule has 2 rings (SSSR count). The number of likely N-dealkylation sites (N-methyl/N-ethyl adjacent to an activating group) is 1. The number of para-hydroxylation sites is 1. The minimum Gasteiger partial charge on any atom is -0.490 e. The average Bonchev–Trinajstić information content (AvgIpc) is 3.30. The van der Waals surface area contributed by atoms with Crippen LogP contribution >= 0.6 is 0 Å². The van der Waals surface area contributed by atoms with E-state index in [0.29, 0.717) is 18.9 Å². The quantitative estimate of drug-likeness (QED) is 0.759. The second-order valence-electron chi connectivity index (χ2n) is 5.26. The number of ether oxygens (including phenoxy) is 1. The number of rotatable bonds is 8. The SMILES string of the molecule is CCNC(C#N)(COc1ccccc1CCO)C1CC1. The second-order valence-corrected chi connectivity index (χ2v) is 5.26. The molecule has 1 aliphatic carbocycles. The molecule has 0 radical (unpaired) electrons. The Kier molecular flexibility index (Phi) is 4.99. The van der Waals surface area contributed by atoms with Gasteiger partial charge in [0.25, 0.3) is 0 Å². The smallest absolute Gasteiger partial charge is 0.143 e. The zero-order valence-corrected chi connectivity index (χ0v) is 11.9. The summed E-state index contributed by atoms with van der Waals surface area (Å²) in [4.78, 5) is 0. The van der Waals surface area contributed by atoms with Gasteiger partial charge in [-0.3, -0.25) is 5.32 Å². The van der Waals surface area contributed by atoms with Gasteiger partial charge in [0.05, 0.1) is 6.07 Å². The first-order valence-electron chi connectivity index (χ1n) is 7.23. The Morgan fingerprint density at radius 1 is 1.45 bits per heavy atom. The lowest BCUT2D eigenvalue weighted by atomic mass is 9.96. The summed E-state index contributed by atoms with van der Waals surface area (Å²) in [6.07, 6.45) is 2.74. The fourth-order valence-electron chi connectivity index (χ4n) is 2.53. The number of nitriles is 1. The largest absolute Gasteiger partial charge is 0.490 e. The molecule has 1 unspecified atom stereocenters. The van der Waals surface area contributed by atoms with Gasteiger partial charge in [-0.15, -0.1) is 0 Å². The number of hydrogen-bond acceptors (Lipinski definition) is 4. The van der Waals surface area contributed by atoms with Crippen LogP contribution in [0.4, 0.5) is 0 Å². The Labute approximate surface area is 120 Å². The van der Waals surface area contributed by atoms with Gasteiger partial charge in [0.15, 0.2) is 0 Å².